The number of nitrogens with zero attached hydrogens (tertiary/aromatic N) is 2. The van der Waals surface area contributed by atoms with Gasteiger partial charge in [0.05, 0.1) is 33.3 Å². The van der Waals surface area contributed by atoms with Gasteiger partial charge in [-0.2, -0.15) is 5.26 Å². The summed E-state index contributed by atoms with van der Waals surface area (Å²) in [6, 6.07) is 9.04. The molecule has 1 aromatic carbocycles. The number of pyridine rings is 1. The maximum Gasteiger partial charge on any atom is 0.0906 e. The summed E-state index contributed by atoms with van der Waals surface area (Å²) >= 11 is 18.3. The van der Waals surface area contributed by atoms with Crippen molar-refractivity contribution in [1.82, 2.24) is 4.98 Å². The van der Waals surface area contributed by atoms with Gasteiger partial charge in [-0.15, -0.1) is 0 Å². The summed E-state index contributed by atoms with van der Waals surface area (Å²) in [5.41, 5.74) is 1.92. The Bertz CT molecular complexity index is 633. The predicted octanol–water partition coefficient (Wildman–Crippen LogP) is 4.77. The van der Waals surface area contributed by atoms with Crippen molar-refractivity contribution in [3.63, 3.8) is 0 Å². The molecule has 1 aromatic heterocycles. The quantitative estimate of drug-likeness (QED) is 0.800. The van der Waals surface area contributed by atoms with Gasteiger partial charge in [0.2, 0.25) is 0 Å². The van der Waals surface area contributed by atoms with Gasteiger partial charge in [-0.05, 0) is 17.7 Å². The molecule has 2 aromatic rings. The highest BCUT2D eigenvalue weighted by Crippen LogP contribution is 2.36. The van der Waals surface area contributed by atoms with Gasteiger partial charge in [-0.3, -0.25) is 4.98 Å². The lowest BCUT2D eigenvalue weighted by molar-refractivity contribution is 1.21. The second-order valence-corrected chi connectivity index (χ2v) is 4.73. The normalized spacial score (nSPS) is 10.1. The molecule has 0 N–H and O–H groups in total. The molecule has 0 amide bonds. The van der Waals surface area contributed by atoms with E-state index in [4.69, 9.17) is 40.1 Å². The van der Waals surface area contributed by atoms with Gasteiger partial charge in [0.1, 0.15) is 0 Å². The Kier molecular flexibility index (Phi) is 4.08. The van der Waals surface area contributed by atoms with E-state index in [-0.39, 0.29) is 6.42 Å². The molecule has 0 fully saturated rings. The summed E-state index contributed by atoms with van der Waals surface area (Å²) in [4.78, 5) is 4.21. The minimum atomic E-state index is 0.229. The molecule has 0 atom stereocenters. The lowest BCUT2D eigenvalue weighted by Gasteiger charge is -2.09. The third-order valence-corrected chi connectivity index (χ3v) is 3.69. The maximum absolute atomic E-state index is 8.73. The maximum atomic E-state index is 8.73. The van der Waals surface area contributed by atoms with Gasteiger partial charge >= 0.3 is 0 Å². The molecular weight excluding hydrogens is 291 g/mol. The third-order valence-electron chi connectivity index (χ3n) is 2.45. The summed E-state index contributed by atoms with van der Waals surface area (Å²) < 4.78 is 0. The van der Waals surface area contributed by atoms with Crippen molar-refractivity contribution < 1.29 is 0 Å². The first-order chi connectivity index (χ1) is 8.65. The highest BCUT2D eigenvalue weighted by Gasteiger charge is 2.13. The molecule has 90 valence electrons. The van der Waals surface area contributed by atoms with Gasteiger partial charge < -0.3 is 0 Å². The summed E-state index contributed by atoms with van der Waals surface area (Å²) in [5.74, 6) is 0. The fourth-order valence-corrected chi connectivity index (χ4v) is 2.25. The first kappa shape index (κ1) is 13.2. The fourth-order valence-electron chi connectivity index (χ4n) is 1.58. The number of nitriles is 1. The standard InChI is InChI=1S/C13H7Cl3N2/c14-10-3-1-2-9(12(10)16)13-11(15)8(4-6-17)5-7-18-13/h1-3,5,7H,4H2. The molecular formula is C13H7Cl3N2. The Balaban J connectivity index is 2.62. The van der Waals surface area contributed by atoms with E-state index in [1.807, 2.05) is 0 Å². The smallest absolute Gasteiger partial charge is 0.0906 e. The summed E-state index contributed by atoms with van der Waals surface area (Å²) in [6.07, 6.45) is 1.83. The van der Waals surface area contributed by atoms with Crippen LogP contribution in [-0.2, 0) is 6.42 Å². The largest absolute Gasteiger partial charge is 0.255 e. The number of halogens is 3. The molecule has 2 rings (SSSR count). The van der Waals surface area contributed by atoms with Crippen LogP contribution in [0.1, 0.15) is 5.56 Å². The molecule has 0 unspecified atom stereocenters. The first-order valence-corrected chi connectivity index (χ1v) is 6.23. The van der Waals surface area contributed by atoms with Crippen molar-refractivity contribution in [2.75, 3.05) is 0 Å². The highest BCUT2D eigenvalue weighted by molar-refractivity contribution is 6.44. The molecule has 0 aliphatic carbocycles. The number of hydrogen-bond donors (Lipinski definition) is 0. The molecule has 0 aliphatic heterocycles. The van der Waals surface area contributed by atoms with Crippen LogP contribution >= 0.6 is 34.8 Å². The van der Waals surface area contributed by atoms with Crippen molar-refractivity contribution >= 4 is 34.8 Å². The Morgan fingerprint density at radius 1 is 1.11 bits per heavy atom. The van der Waals surface area contributed by atoms with Crippen molar-refractivity contribution in [2.24, 2.45) is 0 Å². The molecule has 0 saturated carbocycles. The third kappa shape index (κ3) is 2.44. The average Bonchev–Trinajstić information content (AvgIpc) is 2.36. The van der Waals surface area contributed by atoms with Crippen LogP contribution in [0.25, 0.3) is 11.3 Å². The minimum Gasteiger partial charge on any atom is -0.255 e. The number of benzene rings is 1. The lowest BCUT2D eigenvalue weighted by atomic mass is 10.1. The minimum absolute atomic E-state index is 0.229. The van der Waals surface area contributed by atoms with E-state index >= 15 is 0 Å². The molecule has 0 spiro atoms. The zero-order valence-electron chi connectivity index (χ0n) is 9.12. The molecule has 0 aliphatic rings. The van der Waals surface area contributed by atoms with Crippen LogP contribution in [0.4, 0.5) is 0 Å². The molecule has 18 heavy (non-hydrogen) atoms. The second-order valence-electron chi connectivity index (χ2n) is 3.57. The molecule has 0 saturated heterocycles. The van der Waals surface area contributed by atoms with E-state index < -0.39 is 0 Å². The lowest BCUT2D eigenvalue weighted by Crippen LogP contribution is -1.92. The Morgan fingerprint density at radius 3 is 2.61 bits per heavy atom. The summed E-state index contributed by atoms with van der Waals surface area (Å²) in [7, 11) is 0. The highest BCUT2D eigenvalue weighted by atomic mass is 35.5. The van der Waals surface area contributed by atoms with Gasteiger partial charge in [-0.25, -0.2) is 0 Å². The van der Waals surface area contributed by atoms with Crippen molar-refractivity contribution in [1.29, 1.82) is 5.26 Å². The van der Waals surface area contributed by atoms with Gasteiger partial charge in [-0.1, -0.05) is 46.9 Å². The van der Waals surface area contributed by atoms with Gasteiger partial charge in [0, 0.05) is 11.8 Å². The number of hydrogen-bond acceptors (Lipinski definition) is 2. The van der Waals surface area contributed by atoms with Crippen LogP contribution in [0.2, 0.25) is 15.1 Å². The van der Waals surface area contributed by atoms with Gasteiger partial charge in [0.15, 0.2) is 0 Å². The zero-order chi connectivity index (χ0) is 13.1. The molecule has 2 nitrogen and oxygen atoms in total. The topological polar surface area (TPSA) is 36.7 Å². The molecule has 1 heterocycles. The first-order valence-electron chi connectivity index (χ1n) is 5.10. The summed E-state index contributed by atoms with van der Waals surface area (Å²) in [5, 5.41) is 10.0. The SMILES string of the molecule is N#CCc1ccnc(-c2cccc(Cl)c2Cl)c1Cl. The Hall–Kier alpha value is -1.27. The molecule has 0 bridgehead atoms. The van der Waals surface area contributed by atoms with E-state index in [0.29, 0.717) is 26.3 Å². The van der Waals surface area contributed by atoms with Gasteiger partial charge in [0.25, 0.3) is 0 Å². The van der Waals surface area contributed by atoms with Crippen LogP contribution in [0.5, 0.6) is 0 Å². The van der Waals surface area contributed by atoms with Crippen LogP contribution in [0, 0.1) is 11.3 Å². The van der Waals surface area contributed by atoms with Crippen molar-refractivity contribution in [3.05, 3.63) is 51.1 Å². The van der Waals surface area contributed by atoms with Crippen LogP contribution in [0.15, 0.2) is 30.5 Å². The van der Waals surface area contributed by atoms with E-state index in [2.05, 4.69) is 11.1 Å². The Labute approximate surface area is 120 Å². The van der Waals surface area contributed by atoms with E-state index in [1.54, 1.807) is 30.5 Å². The monoisotopic (exact) mass is 296 g/mol. The van der Waals surface area contributed by atoms with Crippen LogP contribution < -0.4 is 0 Å². The Morgan fingerprint density at radius 2 is 1.89 bits per heavy atom. The van der Waals surface area contributed by atoms with Crippen molar-refractivity contribution in [2.45, 2.75) is 6.42 Å². The fraction of sp³-hybridized carbons (Fsp3) is 0.0769. The van der Waals surface area contributed by atoms with E-state index in [1.165, 1.54) is 0 Å². The second kappa shape index (κ2) is 5.58. The zero-order valence-corrected chi connectivity index (χ0v) is 11.4. The molecule has 5 heteroatoms. The average molecular weight is 298 g/mol. The van der Waals surface area contributed by atoms with E-state index in [9.17, 15) is 0 Å². The number of aromatic nitrogens is 1. The van der Waals surface area contributed by atoms with Crippen LogP contribution in [0.3, 0.4) is 0 Å². The number of rotatable bonds is 2. The van der Waals surface area contributed by atoms with Crippen LogP contribution in [-0.4, -0.2) is 4.98 Å². The van der Waals surface area contributed by atoms with Crippen molar-refractivity contribution in [3.8, 4) is 17.3 Å². The predicted molar refractivity (Wildman–Crippen MR) is 74.0 cm³/mol. The summed E-state index contributed by atoms with van der Waals surface area (Å²) in [6.45, 7) is 0. The van der Waals surface area contributed by atoms with E-state index in [0.717, 1.165) is 5.56 Å². The molecule has 0 radical (unpaired) electrons.